The fourth-order valence-corrected chi connectivity index (χ4v) is 2.76. The van der Waals surface area contributed by atoms with Gasteiger partial charge in [-0.2, -0.15) is 0 Å². The second-order valence-electron chi connectivity index (χ2n) is 4.65. The predicted molar refractivity (Wildman–Crippen MR) is 69.5 cm³/mol. The molecule has 0 atom stereocenters. The Bertz CT molecular complexity index is 440. The standard InChI is InChI=1S/C11H20N4O2S/c16-18(17,15-8-11-7-12-9-14-11)6-2-1-5-13-10-3-4-10/h7,9-10,13,15H,1-6,8H2,(H,12,14). The minimum atomic E-state index is -3.17. The maximum atomic E-state index is 11.7. The average molecular weight is 272 g/mol. The van der Waals surface area contributed by atoms with Gasteiger partial charge in [-0.3, -0.25) is 0 Å². The van der Waals surface area contributed by atoms with E-state index in [2.05, 4.69) is 20.0 Å². The van der Waals surface area contributed by atoms with Crippen molar-refractivity contribution in [2.45, 2.75) is 38.3 Å². The maximum Gasteiger partial charge on any atom is 0.211 e. The molecular weight excluding hydrogens is 252 g/mol. The molecule has 1 saturated carbocycles. The van der Waals surface area contributed by atoms with E-state index in [0.29, 0.717) is 12.5 Å². The molecule has 0 saturated heterocycles. The molecule has 0 aromatic carbocycles. The molecule has 1 aromatic rings. The van der Waals surface area contributed by atoms with E-state index < -0.39 is 10.0 Å². The van der Waals surface area contributed by atoms with E-state index in [1.165, 1.54) is 19.2 Å². The molecular formula is C11H20N4O2S. The van der Waals surface area contributed by atoms with Gasteiger partial charge in [0.15, 0.2) is 0 Å². The Balaban J connectivity index is 1.57. The third kappa shape index (κ3) is 5.16. The van der Waals surface area contributed by atoms with E-state index in [9.17, 15) is 8.42 Å². The summed E-state index contributed by atoms with van der Waals surface area (Å²) in [5, 5.41) is 3.37. The van der Waals surface area contributed by atoms with Gasteiger partial charge >= 0.3 is 0 Å². The number of unbranched alkanes of at least 4 members (excludes halogenated alkanes) is 1. The van der Waals surface area contributed by atoms with Crippen LogP contribution in [0.5, 0.6) is 0 Å². The molecule has 18 heavy (non-hydrogen) atoms. The summed E-state index contributed by atoms with van der Waals surface area (Å²) in [4.78, 5) is 6.69. The normalized spacial score (nSPS) is 16.0. The fraction of sp³-hybridized carbons (Fsp3) is 0.727. The molecule has 1 aromatic heterocycles. The summed E-state index contributed by atoms with van der Waals surface area (Å²) in [6.07, 6.45) is 7.28. The number of aromatic nitrogens is 2. The zero-order valence-electron chi connectivity index (χ0n) is 10.4. The first-order valence-electron chi connectivity index (χ1n) is 6.34. The Morgan fingerprint density at radius 2 is 2.22 bits per heavy atom. The average Bonchev–Trinajstić information content (AvgIpc) is 3.00. The van der Waals surface area contributed by atoms with Crippen molar-refractivity contribution in [2.75, 3.05) is 12.3 Å². The number of nitrogens with one attached hydrogen (secondary N) is 3. The highest BCUT2D eigenvalue weighted by Crippen LogP contribution is 2.18. The highest BCUT2D eigenvalue weighted by Gasteiger charge is 2.19. The largest absolute Gasteiger partial charge is 0.347 e. The molecule has 0 unspecified atom stereocenters. The Morgan fingerprint density at radius 3 is 2.89 bits per heavy atom. The third-order valence-electron chi connectivity index (χ3n) is 2.89. The van der Waals surface area contributed by atoms with Crippen molar-refractivity contribution in [2.24, 2.45) is 0 Å². The van der Waals surface area contributed by atoms with Crippen LogP contribution in [0.25, 0.3) is 0 Å². The minimum absolute atomic E-state index is 0.188. The van der Waals surface area contributed by atoms with Gasteiger partial charge in [0, 0.05) is 17.9 Å². The molecule has 1 fully saturated rings. The van der Waals surface area contributed by atoms with Gasteiger partial charge in [-0.1, -0.05) is 0 Å². The third-order valence-corrected chi connectivity index (χ3v) is 4.30. The van der Waals surface area contributed by atoms with Crippen molar-refractivity contribution in [3.8, 4) is 0 Å². The number of hydrogen-bond acceptors (Lipinski definition) is 4. The summed E-state index contributed by atoms with van der Waals surface area (Å²) in [5.41, 5.74) is 0.772. The Morgan fingerprint density at radius 1 is 1.39 bits per heavy atom. The van der Waals surface area contributed by atoms with Crippen molar-refractivity contribution in [1.29, 1.82) is 0 Å². The number of H-pyrrole nitrogens is 1. The van der Waals surface area contributed by atoms with Gasteiger partial charge in [0.25, 0.3) is 0 Å². The molecule has 0 radical (unpaired) electrons. The Labute approximate surface area is 108 Å². The molecule has 102 valence electrons. The van der Waals surface area contributed by atoms with E-state index in [-0.39, 0.29) is 12.3 Å². The van der Waals surface area contributed by atoms with Gasteiger partial charge in [-0.05, 0) is 32.2 Å². The van der Waals surface area contributed by atoms with Crippen LogP contribution in [0.4, 0.5) is 0 Å². The van der Waals surface area contributed by atoms with Crippen molar-refractivity contribution < 1.29 is 8.42 Å². The highest BCUT2D eigenvalue weighted by molar-refractivity contribution is 7.89. The number of rotatable bonds is 9. The number of nitrogens with zero attached hydrogens (tertiary/aromatic N) is 1. The topological polar surface area (TPSA) is 86.9 Å². The van der Waals surface area contributed by atoms with Crippen LogP contribution in [-0.4, -0.2) is 36.7 Å². The number of imidazole rings is 1. The summed E-state index contributed by atoms with van der Waals surface area (Å²) in [5.74, 6) is 0.188. The second-order valence-corrected chi connectivity index (χ2v) is 6.58. The van der Waals surface area contributed by atoms with Gasteiger partial charge in [-0.15, -0.1) is 0 Å². The second kappa shape index (κ2) is 6.31. The zero-order chi connectivity index (χ0) is 12.8. The van der Waals surface area contributed by atoms with Crippen LogP contribution in [0.3, 0.4) is 0 Å². The first kappa shape index (κ1) is 13.5. The molecule has 0 aliphatic heterocycles. The van der Waals surface area contributed by atoms with E-state index in [0.717, 1.165) is 18.7 Å². The molecule has 0 bridgehead atoms. The molecule has 1 aliphatic carbocycles. The molecule has 1 heterocycles. The monoisotopic (exact) mass is 272 g/mol. The molecule has 7 heteroatoms. The van der Waals surface area contributed by atoms with Gasteiger partial charge in [0.05, 0.1) is 18.6 Å². The van der Waals surface area contributed by atoms with Crippen LogP contribution >= 0.6 is 0 Å². The quantitative estimate of drug-likeness (QED) is 0.567. The summed E-state index contributed by atoms with van der Waals surface area (Å²) >= 11 is 0. The van der Waals surface area contributed by atoms with E-state index in [1.807, 2.05) is 0 Å². The lowest BCUT2D eigenvalue weighted by atomic mass is 10.3. The van der Waals surface area contributed by atoms with E-state index >= 15 is 0 Å². The first-order valence-corrected chi connectivity index (χ1v) is 7.99. The predicted octanol–water partition coefficient (Wildman–Crippen LogP) is 0.361. The fourth-order valence-electron chi connectivity index (χ4n) is 1.65. The lowest BCUT2D eigenvalue weighted by Gasteiger charge is -2.06. The summed E-state index contributed by atoms with van der Waals surface area (Å²) < 4.78 is 25.9. The minimum Gasteiger partial charge on any atom is -0.347 e. The lowest BCUT2D eigenvalue weighted by Crippen LogP contribution is -2.26. The van der Waals surface area contributed by atoms with Crippen LogP contribution in [0.1, 0.15) is 31.4 Å². The van der Waals surface area contributed by atoms with Crippen LogP contribution < -0.4 is 10.0 Å². The van der Waals surface area contributed by atoms with Crippen LogP contribution in [0, 0.1) is 0 Å². The Kier molecular flexibility index (Phi) is 4.73. The molecule has 1 aliphatic rings. The summed E-state index contributed by atoms with van der Waals surface area (Å²) in [7, 11) is -3.17. The van der Waals surface area contributed by atoms with E-state index in [1.54, 1.807) is 6.20 Å². The van der Waals surface area contributed by atoms with Crippen molar-refractivity contribution >= 4 is 10.0 Å². The van der Waals surface area contributed by atoms with Crippen LogP contribution in [0.2, 0.25) is 0 Å². The van der Waals surface area contributed by atoms with Gasteiger partial charge in [0.2, 0.25) is 10.0 Å². The molecule has 0 spiro atoms. The number of sulfonamides is 1. The van der Waals surface area contributed by atoms with Crippen LogP contribution in [0.15, 0.2) is 12.5 Å². The molecule has 0 amide bonds. The summed E-state index contributed by atoms with van der Waals surface area (Å²) in [6, 6.07) is 0.695. The molecule has 3 N–H and O–H groups in total. The van der Waals surface area contributed by atoms with Crippen molar-refractivity contribution in [3.05, 3.63) is 18.2 Å². The van der Waals surface area contributed by atoms with E-state index in [4.69, 9.17) is 0 Å². The number of hydrogen-bond donors (Lipinski definition) is 3. The number of aromatic amines is 1. The molecule has 6 nitrogen and oxygen atoms in total. The molecule has 2 rings (SSSR count). The first-order chi connectivity index (χ1) is 8.66. The SMILES string of the molecule is O=S(=O)(CCCCNC1CC1)NCc1cnc[nH]1. The smallest absolute Gasteiger partial charge is 0.211 e. The van der Waals surface area contributed by atoms with Gasteiger partial charge in [-0.25, -0.2) is 18.1 Å². The van der Waals surface area contributed by atoms with Crippen molar-refractivity contribution in [3.63, 3.8) is 0 Å². The summed E-state index contributed by atoms with van der Waals surface area (Å²) in [6.45, 7) is 1.20. The Hall–Kier alpha value is -0.920. The highest BCUT2D eigenvalue weighted by atomic mass is 32.2. The van der Waals surface area contributed by atoms with Crippen molar-refractivity contribution in [1.82, 2.24) is 20.0 Å². The lowest BCUT2D eigenvalue weighted by molar-refractivity contribution is 0.572. The van der Waals surface area contributed by atoms with Gasteiger partial charge < -0.3 is 10.3 Å². The zero-order valence-corrected chi connectivity index (χ0v) is 11.2. The van der Waals surface area contributed by atoms with Crippen LogP contribution in [-0.2, 0) is 16.6 Å². The maximum absolute atomic E-state index is 11.7. The van der Waals surface area contributed by atoms with Gasteiger partial charge in [0.1, 0.15) is 0 Å².